The lowest BCUT2D eigenvalue weighted by molar-refractivity contribution is 0.213. The van der Waals surface area contributed by atoms with Crippen LogP contribution in [0.2, 0.25) is 0 Å². The summed E-state index contributed by atoms with van der Waals surface area (Å²) < 4.78 is 11.6. The van der Waals surface area contributed by atoms with Crippen molar-refractivity contribution in [1.29, 1.82) is 0 Å². The number of ether oxygens (including phenoxy) is 2. The van der Waals surface area contributed by atoms with Crippen LogP contribution in [0.25, 0.3) is 0 Å². The van der Waals surface area contributed by atoms with Crippen molar-refractivity contribution in [3.05, 3.63) is 57.6 Å². The molecular weight excluding hydrogens is 332 g/mol. The second-order valence-electron chi connectivity index (χ2n) is 4.76. The average molecular weight is 351 g/mol. The monoisotopic (exact) mass is 350 g/mol. The van der Waals surface area contributed by atoms with Crippen molar-refractivity contribution in [3.8, 4) is 11.5 Å². The molecule has 0 amide bonds. The minimum absolute atomic E-state index is 0.611. The van der Waals surface area contributed by atoms with Crippen LogP contribution in [0.3, 0.4) is 0 Å². The molecule has 0 spiro atoms. The lowest BCUT2D eigenvalue weighted by Gasteiger charge is -2.18. The van der Waals surface area contributed by atoms with Crippen LogP contribution in [-0.4, -0.2) is 18.8 Å². The fourth-order valence-electron chi connectivity index (χ4n) is 2.22. The van der Waals surface area contributed by atoms with Gasteiger partial charge in [-0.1, -0.05) is 33.6 Å². The zero-order chi connectivity index (χ0) is 15.4. The van der Waals surface area contributed by atoms with Gasteiger partial charge in [0.25, 0.3) is 0 Å². The van der Waals surface area contributed by atoms with Crippen LogP contribution in [0.4, 0.5) is 0 Å². The van der Waals surface area contributed by atoms with E-state index in [4.69, 9.17) is 9.47 Å². The first-order valence-electron chi connectivity index (χ1n) is 6.81. The number of methoxy groups -OCH3 is 1. The van der Waals surface area contributed by atoms with E-state index < -0.39 is 6.10 Å². The lowest BCUT2D eigenvalue weighted by Crippen LogP contribution is -2.04. The van der Waals surface area contributed by atoms with Gasteiger partial charge in [0.05, 0.1) is 13.7 Å². The molecule has 1 atom stereocenters. The summed E-state index contributed by atoms with van der Waals surface area (Å²) in [5, 5.41) is 10.7. The van der Waals surface area contributed by atoms with E-state index in [0.717, 1.165) is 26.9 Å². The van der Waals surface area contributed by atoms with Crippen molar-refractivity contribution in [2.75, 3.05) is 13.7 Å². The number of hydrogen-bond acceptors (Lipinski definition) is 3. The quantitative estimate of drug-likeness (QED) is 0.875. The fourth-order valence-corrected chi connectivity index (χ4v) is 2.80. The number of rotatable bonds is 5. The van der Waals surface area contributed by atoms with E-state index in [1.807, 2.05) is 50.2 Å². The minimum atomic E-state index is -0.759. The maximum Gasteiger partial charge on any atom is 0.125 e. The first kappa shape index (κ1) is 15.9. The molecule has 0 aromatic heterocycles. The summed E-state index contributed by atoms with van der Waals surface area (Å²) in [4.78, 5) is 0. The Bertz CT molecular complexity index is 625. The minimum Gasteiger partial charge on any atom is -0.496 e. The number of benzene rings is 2. The molecular formula is C17H19BrO3. The highest BCUT2D eigenvalue weighted by Gasteiger charge is 2.18. The Hall–Kier alpha value is -1.52. The number of aliphatic hydroxyl groups excluding tert-OH is 1. The summed E-state index contributed by atoms with van der Waals surface area (Å²) >= 11 is 3.50. The van der Waals surface area contributed by atoms with Crippen LogP contribution in [0.15, 0.2) is 40.9 Å². The number of hydrogen-bond donors (Lipinski definition) is 1. The Balaban J connectivity index is 2.40. The van der Waals surface area contributed by atoms with Gasteiger partial charge in [0.2, 0.25) is 0 Å². The molecule has 0 heterocycles. The molecule has 0 saturated carbocycles. The molecule has 21 heavy (non-hydrogen) atoms. The Labute approximate surface area is 133 Å². The molecule has 1 unspecified atom stereocenters. The molecule has 0 aliphatic carbocycles. The SMILES string of the molecule is CCOc1ccc(C(O)c2cc(C)ccc2OC)c(Br)c1. The first-order chi connectivity index (χ1) is 10.1. The molecule has 0 saturated heterocycles. The molecule has 4 heteroatoms. The predicted octanol–water partition coefficient (Wildman–Crippen LogP) is 4.25. The predicted molar refractivity (Wildman–Crippen MR) is 87.1 cm³/mol. The highest BCUT2D eigenvalue weighted by molar-refractivity contribution is 9.10. The Kier molecular flexibility index (Phi) is 5.26. The van der Waals surface area contributed by atoms with Gasteiger partial charge in [-0.05, 0) is 43.7 Å². The lowest BCUT2D eigenvalue weighted by atomic mass is 9.99. The third-order valence-electron chi connectivity index (χ3n) is 3.26. The maximum absolute atomic E-state index is 10.7. The van der Waals surface area contributed by atoms with Gasteiger partial charge >= 0.3 is 0 Å². The van der Waals surface area contributed by atoms with E-state index in [0.29, 0.717) is 12.4 Å². The molecule has 0 aliphatic heterocycles. The van der Waals surface area contributed by atoms with Crippen LogP contribution >= 0.6 is 15.9 Å². The van der Waals surface area contributed by atoms with Crippen LogP contribution in [-0.2, 0) is 0 Å². The van der Waals surface area contributed by atoms with E-state index in [1.54, 1.807) is 7.11 Å². The molecule has 3 nitrogen and oxygen atoms in total. The highest BCUT2D eigenvalue weighted by atomic mass is 79.9. The van der Waals surface area contributed by atoms with Gasteiger partial charge in [-0.2, -0.15) is 0 Å². The summed E-state index contributed by atoms with van der Waals surface area (Å²) in [7, 11) is 1.61. The maximum atomic E-state index is 10.7. The second kappa shape index (κ2) is 6.96. The van der Waals surface area contributed by atoms with Crippen molar-refractivity contribution < 1.29 is 14.6 Å². The number of aliphatic hydroxyl groups is 1. The molecule has 0 fully saturated rings. The third kappa shape index (κ3) is 3.57. The van der Waals surface area contributed by atoms with E-state index >= 15 is 0 Å². The van der Waals surface area contributed by atoms with Crippen LogP contribution < -0.4 is 9.47 Å². The standard InChI is InChI=1S/C17H19BrO3/c1-4-21-12-6-7-13(15(18)10-12)17(19)14-9-11(2)5-8-16(14)20-3/h5-10,17,19H,4H2,1-3H3. The summed E-state index contributed by atoms with van der Waals surface area (Å²) in [5.74, 6) is 1.45. The van der Waals surface area contributed by atoms with E-state index in [1.165, 1.54) is 0 Å². The van der Waals surface area contributed by atoms with Gasteiger partial charge in [0.1, 0.15) is 17.6 Å². The van der Waals surface area contributed by atoms with Gasteiger partial charge in [-0.3, -0.25) is 0 Å². The van der Waals surface area contributed by atoms with Gasteiger partial charge in [-0.15, -0.1) is 0 Å². The zero-order valence-corrected chi connectivity index (χ0v) is 14.0. The molecule has 2 rings (SSSR count). The zero-order valence-electron chi connectivity index (χ0n) is 12.4. The summed E-state index contributed by atoms with van der Waals surface area (Å²) in [6.45, 7) is 4.54. The van der Waals surface area contributed by atoms with Gasteiger partial charge in [-0.25, -0.2) is 0 Å². The Morgan fingerprint density at radius 1 is 1.14 bits per heavy atom. The molecule has 0 bridgehead atoms. The summed E-state index contributed by atoms with van der Waals surface area (Å²) in [6, 6.07) is 11.4. The Morgan fingerprint density at radius 3 is 2.52 bits per heavy atom. The van der Waals surface area contributed by atoms with Crippen molar-refractivity contribution in [2.24, 2.45) is 0 Å². The first-order valence-corrected chi connectivity index (χ1v) is 7.61. The van der Waals surface area contributed by atoms with Gasteiger partial charge in [0.15, 0.2) is 0 Å². The van der Waals surface area contributed by atoms with Gasteiger partial charge < -0.3 is 14.6 Å². The van der Waals surface area contributed by atoms with E-state index in [9.17, 15) is 5.11 Å². The Morgan fingerprint density at radius 2 is 1.90 bits per heavy atom. The van der Waals surface area contributed by atoms with Crippen LogP contribution in [0.5, 0.6) is 11.5 Å². The number of aryl methyl sites for hydroxylation is 1. The smallest absolute Gasteiger partial charge is 0.125 e. The van der Waals surface area contributed by atoms with Gasteiger partial charge in [0, 0.05) is 10.0 Å². The molecule has 112 valence electrons. The second-order valence-corrected chi connectivity index (χ2v) is 5.62. The molecule has 2 aromatic carbocycles. The van der Waals surface area contributed by atoms with Crippen molar-refractivity contribution in [1.82, 2.24) is 0 Å². The average Bonchev–Trinajstić information content (AvgIpc) is 2.47. The van der Waals surface area contributed by atoms with Crippen LogP contribution in [0.1, 0.15) is 29.7 Å². The van der Waals surface area contributed by atoms with Crippen molar-refractivity contribution >= 4 is 15.9 Å². The van der Waals surface area contributed by atoms with Crippen LogP contribution in [0, 0.1) is 6.92 Å². The molecule has 0 aliphatic rings. The highest BCUT2D eigenvalue weighted by Crippen LogP contribution is 2.35. The van der Waals surface area contributed by atoms with E-state index in [2.05, 4.69) is 15.9 Å². The molecule has 0 radical (unpaired) electrons. The summed E-state index contributed by atoms with van der Waals surface area (Å²) in [6.07, 6.45) is -0.759. The normalized spacial score (nSPS) is 12.0. The number of halogens is 1. The van der Waals surface area contributed by atoms with Crippen molar-refractivity contribution in [3.63, 3.8) is 0 Å². The third-order valence-corrected chi connectivity index (χ3v) is 3.94. The summed E-state index contributed by atoms with van der Waals surface area (Å²) in [5.41, 5.74) is 2.61. The fraction of sp³-hybridized carbons (Fsp3) is 0.294. The molecule has 2 aromatic rings. The van der Waals surface area contributed by atoms with E-state index in [-0.39, 0.29) is 0 Å². The largest absolute Gasteiger partial charge is 0.496 e. The van der Waals surface area contributed by atoms with Crippen molar-refractivity contribution in [2.45, 2.75) is 20.0 Å². The topological polar surface area (TPSA) is 38.7 Å². The molecule has 1 N–H and O–H groups in total.